The van der Waals surface area contributed by atoms with Crippen LogP contribution in [0, 0.1) is 0 Å². The van der Waals surface area contributed by atoms with Crippen LogP contribution in [0.25, 0.3) is 22.4 Å². The van der Waals surface area contributed by atoms with Crippen molar-refractivity contribution in [2.24, 2.45) is 0 Å². The van der Waals surface area contributed by atoms with Gasteiger partial charge in [-0.2, -0.15) is 13.2 Å². The van der Waals surface area contributed by atoms with Crippen LogP contribution in [0.1, 0.15) is 34.3 Å². The molecule has 10 heteroatoms. The maximum absolute atomic E-state index is 13.3. The molecule has 1 fully saturated rings. The summed E-state index contributed by atoms with van der Waals surface area (Å²) in [7, 11) is 0. The highest BCUT2D eigenvalue weighted by atomic mass is 19.4. The van der Waals surface area contributed by atoms with Crippen molar-refractivity contribution in [3.05, 3.63) is 126 Å². The van der Waals surface area contributed by atoms with Crippen LogP contribution < -0.4 is 5.32 Å². The second-order valence-electron chi connectivity index (χ2n) is 10.9. The Labute approximate surface area is 258 Å². The van der Waals surface area contributed by atoms with E-state index in [9.17, 15) is 18.0 Å². The van der Waals surface area contributed by atoms with E-state index in [0.717, 1.165) is 54.9 Å². The van der Waals surface area contributed by atoms with Crippen molar-refractivity contribution >= 4 is 22.9 Å². The van der Waals surface area contributed by atoms with E-state index in [1.165, 1.54) is 11.1 Å². The molecule has 1 amide bonds. The Morgan fingerprint density at radius 3 is 2.00 bits per heavy atom. The van der Waals surface area contributed by atoms with Crippen molar-refractivity contribution in [1.82, 2.24) is 19.8 Å². The summed E-state index contributed by atoms with van der Waals surface area (Å²) in [6.07, 6.45) is -3.16. The number of likely N-dealkylation sites (tertiary alicyclic amines) is 1. The van der Waals surface area contributed by atoms with Crippen LogP contribution in [0.3, 0.4) is 0 Å². The van der Waals surface area contributed by atoms with Gasteiger partial charge >= 0.3 is 12.1 Å². The van der Waals surface area contributed by atoms with Gasteiger partial charge in [0.1, 0.15) is 5.82 Å². The quantitative estimate of drug-likeness (QED) is 0.211. The van der Waals surface area contributed by atoms with Gasteiger partial charge in [0.25, 0.3) is 5.91 Å². The Hall–Kier alpha value is -4.96. The number of hydrogen-bond acceptors (Lipinski definition) is 4. The minimum atomic E-state index is -5.08. The molecular formula is C35H33F3N4O3. The maximum atomic E-state index is 13.3. The van der Waals surface area contributed by atoms with E-state index in [1.54, 1.807) is 0 Å². The Bertz CT molecular complexity index is 1730. The normalized spacial score (nSPS) is 14.0. The van der Waals surface area contributed by atoms with E-state index >= 15 is 0 Å². The lowest BCUT2D eigenvalue weighted by Crippen LogP contribution is -2.44. The van der Waals surface area contributed by atoms with Crippen molar-refractivity contribution < 1.29 is 27.9 Å². The molecule has 232 valence electrons. The van der Waals surface area contributed by atoms with Gasteiger partial charge in [-0.3, -0.25) is 9.69 Å². The molecule has 1 saturated heterocycles. The van der Waals surface area contributed by atoms with Crippen LogP contribution in [0.15, 0.2) is 109 Å². The number of para-hydroxylation sites is 2. The second-order valence-corrected chi connectivity index (χ2v) is 10.9. The number of hydrogen-bond donors (Lipinski definition) is 2. The topological polar surface area (TPSA) is 87.5 Å². The highest BCUT2D eigenvalue weighted by Crippen LogP contribution is 2.27. The first-order chi connectivity index (χ1) is 21.7. The number of amides is 1. The number of halogens is 3. The molecule has 1 aliphatic heterocycles. The fourth-order valence-electron chi connectivity index (χ4n) is 5.37. The van der Waals surface area contributed by atoms with Crippen LogP contribution in [-0.2, 0) is 17.9 Å². The summed E-state index contributed by atoms with van der Waals surface area (Å²) in [6.45, 7) is 3.66. The number of benzene rings is 4. The number of imidazole rings is 1. The zero-order valence-corrected chi connectivity index (χ0v) is 24.5. The summed E-state index contributed by atoms with van der Waals surface area (Å²) in [4.78, 5) is 29.6. The number of nitrogens with zero attached hydrogens (tertiary/aromatic N) is 3. The molecule has 2 N–H and O–H groups in total. The van der Waals surface area contributed by atoms with Gasteiger partial charge in [-0.05, 0) is 48.2 Å². The summed E-state index contributed by atoms with van der Waals surface area (Å²) < 4.78 is 34.0. The first-order valence-corrected chi connectivity index (χ1v) is 14.6. The number of carbonyl (C=O) groups is 2. The number of nitrogens with one attached hydrogen (secondary N) is 1. The lowest BCUT2D eigenvalue weighted by molar-refractivity contribution is -0.192. The van der Waals surface area contributed by atoms with E-state index in [-0.39, 0.29) is 11.9 Å². The van der Waals surface area contributed by atoms with E-state index in [0.29, 0.717) is 12.1 Å². The van der Waals surface area contributed by atoms with Gasteiger partial charge in [0.05, 0.1) is 11.0 Å². The average molecular weight is 615 g/mol. The zero-order valence-electron chi connectivity index (χ0n) is 24.5. The number of carbonyl (C=O) groups excluding carboxylic acids is 1. The van der Waals surface area contributed by atoms with Crippen molar-refractivity contribution in [1.29, 1.82) is 0 Å². The Kier molecular flexibility index (Phi) is 9.94. The van der Waals surface area contributed by atoms with Crippen LogP contribution >= 0.6 is 0 Å². The SMILES string of the molecule is O=C(NC1CCN(Cc2ccccc2)CC1)c1cccc(-c2nc3ccccc3n2Cc2ccccc2)c1.O=C(O)C(F)(F)F. The number of alkyl halides is 3. The summed E-state index contributed by atoms with van der Waals surface area (Å²) in [6, 6.07) is 37.3. The molecule has 1 aliphatic rings. The Morgan fingerprint density at radius 2 is 1.38 bits per heavy atom. The number of piperidine rings is 1. The molecule has 0 unspecified atom stereocenters. The Morgan fingerprint density at radius 1 is 0.800 bits per heavy atom. The third-order valence-electron chi connectivity index (χ3n) is 7.64. The van der Waals surface area contributed by atoms with Crippen molar-refractivity contribution in [2.45, 2.75) is 38.1 Å². The van der Waals surface area contributed by atoms with E-state index in [2.05, 4.69) is 75.4 Å². The largest absolute Gasteiger partial charge is 0.490 e. The molecule has 5 aromatic rings. The standard InChI is InChI=1S/C33H32N4O.C2HF3O2/c38-33(34-29-18-20-36(21-19-29)23-25-10-3-1-4-11-25)28-15-9-14-27(22-28)32-35-30-16-7-8-17-31(30)37(32)24-26-12-5-2-6-13-26;3-2(4,5)1(6)7/h1-17,22,29H,18-21,23-24H2,(H,34,38);(H,6,7). The van der Waals surface area contributed by atoms with Gasteiger partial charge in [0.2, 0.25) is 0 Å². The van der Waals surface area contributed by atoms with Crippen molar-refractivity contribution in [3.63, 3.8) is 0 Å². The number of aliphatic carboxylic acids is 1. The third kappa shape index (κ3) is 8.36. The summed E-state index contributed by atoms with van der Waals surface area (Å²) in [5, 5.41) is 10.4. The third-order valence-corrected chi connectivity index (χ3v) is 7.64. The molecule has 1 aromatic heterocycles. The van der Waals surface area contributed by atoms with Gasteiger partial charge in [0, 0.05) is 43.3 Å². The first kappa shape index (κ1) is 31.5. The molecule has 45 heavy (non-hydrogen) atoms. The van der Waals surface area contributed by atoms with Gasteiger partial charge < -0.3 is 15.0 Å². The zero-order chi connectivity index (χ0) is 31.8. The maximum Gasteiger partial charge on any atom is 0.490 e. The fourth-order valence-corrected chi connectivity index (χ4v) is 5.37. The van der Waals surface area contributed by atoms with Crippen molar-refractivity contribution in [3.8, 4) is 11.4 Å². The predicted octanol–water partition coefficient (Wildman–Crippen LogP) is 6.78. The number of carboxylic acids is 1. The van der Waals surface area contributed by atoms with Crippen LogP contribution in [0.2, 0.25) is 0 Å². The van der Waals surface area contributed by atoms with Gasteiger partial charge in [-0.1, -0.05) is 84.9 Å². The molecule has 6 rings (SSSR count). The minimum Gasteiger partial charge on any atom is -0.475 e. The molecule has 2 heterocycles. The Balaban J connectivity index is 0.000000515. The molecule has 7 nitrogen and oxygen atoms in total. The van der Waals surface area contributed by atoms with Gasteiger partial charge in [-0.15, -0.1) is 0 Å². The smallest absolute Gasteiger partial charge is 0.475 e. The monoisotopic (exact) mass is 614 g/mol. The fraction of sp³-hybridized carbons (Fsp3) is 0.229. The number of rotatable bonds is 7. The molecule has 0 aliphatic carbocycles. The number of fused-ring (bicyclic) bond motifs is 1. The van der Waals surface area contributed by atoms with E-state index < -0.39 is 12.1 Å². The lowest BCUT2D eigenvalue weighted by Gasteiger charge is -2.32. The molecule has 4 aromatic carbocycles. The highest BCUT2D eigenvalue weighted by Gasteiger charge is 2.38. The van der Waals surface area contributed by atoms with E-state index in [4.69, 9.17) is 14.9 Å². The van der Waals surface area contributed by atoms with Crippen LogP contribution in [-0.4, -0.2) is 56.7 Å². The molecule has 0 atom stereocenters. The van der Waals surface area contributed by atoms with Crippen molar-refractivity contribution in [2.75, 3.05) is 13.1 Å². The summed E-state index contributed by atoms with van der Waals surface area (Å²) >= 11 is 0. The minimum absolute atomic E-state index is 0.0147. The second kappa shape index (κ2) is 14.2. The van der Waals surface area contributed by atoms with Crippen LogP contribution in [0.4, 0.5) is 13.2 Å². The first-order valence-electron chi connectivity index (χ1n) is 14.6. The lowest BCUT2D eigenvalue weighted by atomic mass is 10.0. The molecular weight excluding hydrogens is 581 g/mol. The summed E-state index contributed by atoms with van der Waals surface area (Å²) in [5.41, 5.74) is 6.21. The van der Waals surface area contributed by atoms with Gasteiger partial charge in [0.15, 0.2) is 0 Å². The average Bonchev–Trinajstić information content (AvgIpc) is 3.41. The molecule has 0 saturated carbocycles. The summed E-state index contributed by atoms with van der Waals surface area (Å²) in [5.74, 6) is -1.90. The highest BCUT2D eigenvalue weighted by molar-refractivity contribution is 5.95. The number of carboxylic acid groups (broad SMARTS) is 1. The van der Waals surface area contributed by atoms with Gasteiger partial charge in [-0.25, -0.2) is 9.78 Å². The number of aromatic nitrogens is 2. The predicted molar refractivity (Wildman–Crippen MR) is 167 cm³/mol. The van der Waals surface area contributed by atoms with Crippen LogP contribution in [0.5, 0.6) is 0 Å². The molecule has 0 bridgehead atoms. The molecule has 0 spiro atoms. The molecule has 0 radical (unpaired) electrons. The van der Waals surface area contributed by atoms with E-state index in [1.807, 2.05) is 48.5 Å².